The van der Waals surface area contributed by atoms with Crippen molar-refractivity contribution >= 4 is 44.2 Å². The van der Waals surface area contributed by atoms with Gasteiger partial charge in [0.2, 0.25) is 0 Å². The quantitative estimate of drug-likeness (QED) is 0.499. The summed E-state index contributed by atoms with van der Waals surface area (Å²) in [6.45, 7) is 4.73. The normalized spacial score (nSPS) is 28.0. The van der Waals surface area contributed by atoms with Crippen molar-refractivity contribution in [1.29, 1.82) is 0 Å². The van der Waals surface area contributed by atoms with E-state index in [2.05, 4.69) is 35.1 Å². The number of amidine groups is 2. The molecule has 0 unspecified atom stereocenters. The van der Waals surface area contributed by atoms with Crippen LogP contribution in [0.1, 0.15) is 12.8 Å². The van der Waals surface area contributed by atoms with Crippen molar-refractivity contribution in [2.45, 2.75) is 12.8 Å². The first kappa shape index (κ1) is 12.0. The Morgan fingerprint density at radius 1 is 1.11 bits per heavy atom. The van der Waals surface area contributed by atoms with E-state index in [1.54, 1.807) is 0 Å². The molecule has 0 atom stereocenters. The molecule has 0 N–H and O–H groups in total. The summed E-state index contributed by atoms with van der Waals surface area (Å²) in [5, 5.41) is 0. The van der Waals surface area contributed by atoms with E-state index in [0.29, 0.717) is 0 Å². The predicted molar refractivity (Wildman–Crippen MR) is 75.1 cm³/mol. The molecule has 98 valence electrons. The molecule has 1 saturated heterocycles. The zero-order valence-corrected chi connectivity index (χ0v) is 14.3. The van der Waals surface area contributed by atoms with Crippen molar-refractivity contribution in [3.63, 3.8) is 0 Å². The van der Waals surface area contributed by atoms with Gasteiger partial charge in [-0.3, -0.25) is 0 Å². The molecule has 5 nitrogen and oxygen atoms in total. The van der Waals surface area contributed by atoms with Gasteiger partial charge in [0.15, 0.2) is 0 Å². The van der Waals surface area contributed by atoms with Gasteiger partial charge in [-0.05, 0) is 0 Å². The minimum atomic E-state index is -1.49. The van der Waals surface area contributed by atoms with E-state index >= 15 is 0 Å². The topological polar surface area (TPSA) is 15.7 Å². The second-order valence-electron chi connectivity index (χ2n) is 5.20. The van der Waals surface area contributed by atoms with E-state index in [4.69, 9.17) is 9.95 Å². The maximum absolute atomic E-state index is 6.77. The van der Waals surface area contributed by atoms with E-state index in [1.165, 1.54) is 50.7 Å². The molecule has 0 aromatic rings. The van der Waals surface area contributed by atoms with Crippen LogP contribution < -0.4 is 0 Å². The summed E-state index contributed by atoms with van der Waals surface area (Å²) in [6.07, 6.45) is 2.51. The molecular formula is C10H18AsClN5P+2. The van der Waals surface area contributed by atoms with Crippen LogP contribution >= 0.6 is 18.3 Å². The Morgan fingerprint density at radius 2 is 1.61 bits per heavy atom. The molecular weight excluding hydrogens is 331 g/mol. The van der Waals surface area contributed by atoms with Crippen LogP contribution in [0, 0.1) is 0 Å². The molecule has 1 fully saturated rings. The van der Waals surface area contributed by atoms with Crippen LogP contribution in [0.2, 0.25) is 0 Å². The number of rotatable bonds is 1. The fourth-order valence-corrected chi connectivity index (χ4v) is 10.9. The molecule has 4 aliphatic rings. The summed E-state index contributed by atoms with van der Waals surface area (Å²) < 4.78 is 12.7. The van der Waals surface area contributed by atoms with Gasteiger partial charge in [-0.15, -0.1) is 0 Å². The first-order valence-electron chi connectivity index (χ1n) is 6.47. The van der Waals surface area contributed by atoms with Crippen LogP contribution in [0.15, 0.2) is 0 Å². The first-order chi connectivity index (χ1) is 8.70. The van der Waals surface area contributed by atoms with Gasteiger partial charge in [-0.1, -0.05) is 0 Å². The zero-order chi connectivity index (χ0) is 12.4. The van der Waals surface area contributed by atoms with Crippen molar-refractivity contribution in [1.82, 2.24) is 14.0 Å². The molecule has 0 spiro atoms. The van der Waals surface area contributed by atoms with E-state index in [-0.39, 0.29) is 8.37 Å². The third kappa shape index (κ3) is 1.37. The molecule has 0 bridgehead atoms. The fraction of sp³-hybridized carbons (Fsp3) is 0.800. The van der Waals surface area contributed by atoms with Crippen LogP contribution in [0.5, 0.6) is 0 Å². The fourth-order valence-electron chi connectivity index (χ4n) is 3.25. The summed E-state index contributed by atoms with van der Waals surface area (Å²) in [6, 6.07) is 0. The summed E-state index contributed by atoms with van der Waals surface area (Å²) in [5.74, 6) is 2.94. The molecule has 4 heterocycles. The molecule has 0 aromatic heterocycles. The number of halogens is 1. The van der Waals surface area contributed by atoms with Gasteiger partial charge in [-0.25, -0.2) is 0 Å². The third-order valence-corrected chi connectivity index (χ3v) is 11.4. The van der Waals surface area contributed by atoms with Crippen molar-refractivity contribution in [3.8, 4) is 0 Å². The van der Waals surface area contributed by atoms with E-state index in [9.17, 15) is 0 Å². The Kier molecular flexibility index (Phi) is 2.71. The molecule has 4 rings (SSSR count). The zero-order valence-electron chi connectivity index (χ0n) is 10.8. The van der Waals surface area contributed by atoms with Gasteiger partial charge in [-0.2, -0.15) is 0 Å². The SMILES string of the molecule is CN(C)P1N2CCC[N+]3=C2C2=[N+](CCCN21)[As]3Cl. The second-order valence-corrected chi connectivity index (χ2v) is 12.1. The Hall–Kier alpha value is 0.178. The van der Waals surface area contributed by atoms with Crippen LogP contribution in [0.25, 0.3) is 0 Å². The minimum absolute atomic E-state index is 0.327. The van der Waals surface area contributed by atoms with Gasteiger partial charge < -0.3 is 0 Å². The van der Waals surface area contributed by atoms with Crippen LogP contribution in [0.4, 0.5) is 0 Å². The van der Waals surface area contributed by atoms with Gasteiger partial charge in [0.1, 0.15) is 0 Å². The van der Waals surface area contributed by atoms with Gasteiger partial charge in [0.25, 0.3) is 0 Å². The second kappa shape index (κ2) is 4.08. The van der Waals surface area contributed by atoms with Gasteiger partial charge in [0, 0.05) is 0 Å². The van der Waals surface area contributed by atoms with E-state index in [0.717, 1.165) is 0 Å². The number of hydrogen-bond donors (Lipinski definition) is 0. The Labute approximate surface area is 118 Å². The first-order valence-corrected chi connectivity index (χ1v) is 11.8. The van der Waals surface area contributed by atoms with Crippen LogP contribution in [-0.2, 0) is 0 Å². The van der Waals surface area contributed by atoms with Crippen LogP contribution in [-0.4, -0.2) is 87.1 Å². The van der Waals surface area contributed by atoms with Crippen molar-refractivity contribution in [3.05, 3.63) is 0 Å². The van der Waals surface area contributed by atoms with Crippen molar-refractivity contribution in [2.24, 2.45) is 0 Å². The number of hydrogen-bond acceptors (Lipinski definition) is 3. The summed E-state index contributed by atoms with van der Waals surface area (Å²) >= 11 is -1.49. The molecule has 0 saturated carbocycles. The molecule has 4 aliphatic heterocycles. The summed E-state index contributed by atoms with van der Waals surface area (Å²) in [5.41, 5.74) is 0. The molecule has 18 heavy (non-hydrogen) atoms. The molecule has 0 aromatic carbocycles. The molecule has 0 radical (unpaired) electrons. The number of nitrogens with zero attached hydrogens (tertiary/aromatic N) is 5. The van der Waals surface area contributed by atoms with E-state index < -0.39 is 14.2 Å². The third-order valence-electron chi connectivity index (χ3n) is 3.85. The van der Waals surface area contributed by atoms with Crippen molar-refractivity contribution < 1.29 is 6.98 Å². The summed E-state index contributed by atoms with van der Waals surface area (Å²) in [7, 11) is 10.9. The monoisotopic (exact) mass is 349 g/mol. The van der Waals surface area contributed by atoms with E-state index in [1.807, 2.05) is 0 Å². The Bertz CT molecular complexity index is 441. The summed E-state index contributed by atoms with van der Waals surface area (Å²) in [4.78, 5) is 0. The standard InChI is InChI=1S/C10H18AsClN5P/c1-13(2)18-16-7-3-5-14-9(16)10-15(11(14)12)6-4-8-17(10)18/h3-8H2,1-2H3/q+2. The Balaban J connectivity index is 1.89. The Morgan fingerprint density at radius 3 is 2.06 bits per heavy atom. The van der Waals surface area contributed by atoms with Crippen molar-refractivity contribution in [2.75, 3.05) is 40.3 Å². The van der Waals surface area contributed by atoms with Gasteiger partial charge >= 0.3 is 118 Å². The average molecular weight is 350 g/mol. The average Bonchev–Trinajstić information content (AvgIpc) is 2.85. The maximum atomic E-state index is 6.77. The van der Waals surface area contributed by atoms with Crippen LogP contribution in [0.3, 0.4) is 0 Å². The molecule has 8 heteroatoms. The molecule has 0 amide bonds. The molecule has 0 aliphatic carbocycles. The predicted octanol–water partition coefficient (Wildman–Crippen LogP) is 0.259. The van der Waals surface area contributed by atoms with Gasteiger partial charge in [0.05, 0.1) is 0 Å².